The fourth-order valence-corrected chi connectivity index (χ4v) is 4.04. The van der Waals surface area contributed by atoms with E-state index < -0.39 is 0 Å². The molecule has 140 valence electrons. The zero-order valence-electron chi connectivity index (χ0n) is 15.3. The van der Waals surface area contributed by atoms with E-state index in [4.69, 9.17) is 21.1 Å². The quantitative estimate of drug-likeness (QED) is 0.688. The molecule has 2 aromatic carbocycles. The summed E-state index contributed by atoms with van der Waals surface area (Å²) in [6.07, 6.45) is 2.89. The van der Waals surface area contributed by atoms with Gasteiger partial charge in [0, 0.05) is 16.6 Å². The summed E-state index contributed by atoms with van der Waals surface area (Å²) in [7, 11) is 3.13. The van der Waals surface area contributed by atoms with Crippen molar-refractivity contribution in [3.63, 3.8) is 0 Å². The van der Waals surface area contributed by atoms with Gasteiger partial charge in [0.2, 0.25) is 0 Å². The highest BCUT2D eigenvalue weighted by molar-refractivity contribution is 6.35. The van der Waals surface area contributed by atoms with Crippen molar-refractivity contribution in [2.75, 3.05) is 14.2 Å². The maximum absolute atomic E-state index is 12.8. The van der Waals surface area contributed by atoms with Crippen LogP contribution in [0, 0.1) is 0 Å². The maximum atomic E-state index is 12.8. The Morgan fingerprint density at radius 1 is 1.19 bits per heavy atom. The number of benzene rings is 2. The van der Waals surface area contributed by atoms with Crippen LogP contribution in [0.15, 0.2) is 36.4 Å². The summed E-state index contributed by atoms with van der Waals surface area (Å²) < 4.78 is 10.5. The summed E-state index contributed by atoms with van der Waals surface area (Å²) in [4.78, 5) is 16.3. The Kier molecular flexibility index (Phi) is 4.70. The fourth-order valence-electron chi connectivity index (χ4n) is 3.82. The van der Waals surface area contributed by atoms with Crippen molar-refractivity contribution >= 4 is 28.4 Å². The molecule has 6 heteroatoms. The number of carbonyl (C=O) groups is 1. The van der Waals surface area contributed by atoms with E-state index in [0.29, 0.717) is 22.1 Å². The molecule has 0 spiro atoms. The van der Waals surface area contributed by atoms with Gasteiger partial charge in [-0.1, -0.05) is 23.7 Å². The number of H-pyrrole nitrogens is 1. The molecule has 1 aliphatic rings. The molecule has 0 fully saturated rings. The maximum Gasteiger partial charge on any atom is 0.251 e. The second kappa shape index (κ2) is 7.16. The molecule has 1 heterocycles. The molecule has 1 aromatic heterocycles. The van der Waals surface area contributed by atoms with Crippen molar-refractivity contribution in [1.29, 1.82) is 0 Å². The highest BCUT2D eigenvalue weighted by atomic mass is 35.5. The molecule has 5 nitrogen and oxygen atoms in total. The third kappa shape index (κ3) is 3.12. The number of aryl methyl sites for hydroxylation is 1. The summed E-state index contributed by atoms with van der Waals surface area (Å²) in [5.74, 6) is 0.990. The summed E-state index contributed by atoms with van der Waals surface area (Å²) >= 11 is 6.34. The van der Waals surface area contributed by atoms with Crippen molar-refractivity contribution in [1.82, 2.24) is 10.3 Å². The molecule has 0 unspecified atom stereocenters. The molecule has 0 saturated carbocycles. The molecule has 0 aliphatic heterocycles. The summed E-state index contributed by atoms with van der Waals surface area (Å²) in [5.41, 5.74) is 3.78. The van der Waals surface area contributed by atoms with Gasteiger partial charge in [0.15, 0.2) is 11.5 Å². The minimum Gasteiger partial charge on any atom is -0.493 e. The molecule has 2 N–H and O–H groups in total. The second-order valence-corrected chi connectivity index (χ2v) is 7.07. The number of para-hydroxylation sites is 1. The molecule has 1 aliphatic carbocycles. The van der Waals surface area contributed by atoms with E-state index in [-0.39, 0.29) is 11.9 Å². The second-order valence-electron chi connectivity index (χ2n) is 6.67. The lowest BCUT2D eigenvalue weighted by molar-refractivity contribution is 0.0931. The molecule has 0 radical (unpaired) electrons. The molecule has 27 heavy (non-hydrogen) atoms. The Morgan fingerprint density at radius 3 is 2.78 bits per heavy atom. The number of aromatic nitrogens is 1. The van der Waals surface area contributed by atoms with Crippen molar-refractivity contribution < 1.29 is 14.3 Å². The fraction of sp³-hybridized carbons (Fsp3) is 0.286. The number of nitrogens with one attached hydrogen (secondary N) is 2. The molecule has 1 atom stereocenters. The molecule has 1 amide bonds. The molecular formula is C21H21ClN2O3. The average Bonchev–Trinajstić information content (AvgIpc) is 3.08. The van der Waals surface area contributed by atoms with Crippen LogP contribution in [0.5, 0.6) is 11.5 Å². The van der Waals surface area contributed by atoms with Gasteiger partial charge < -0.3 is 19.8 Å². The Labute approximate surface area is 162 Å². The third-order valence-corrected chi connectivity index (χ3v) is 5.46. The van der Waals surface area contributed by atoms with Crippen molar-refractivity contribution in [2.24, 2.45) is 0 Å². The zero-order chi connectivity index (χ0) is 19.0. The Balaban J connectivity index is 1.64. The lowest BCUT2D eigenvalue weighted by atomic mass is 9.91. The predicted molar refractivity (Wildman–Crippen MR) is 106 cm³/mol. The van der Waals surface area contributed by atoms with E-state index in [2.05, 4.69) is 16.4 Å². The van der Waals surface area contributed by atoms with Gasteiger partial charge in [-0.25, -0.2) is 0 Å². The number of hydrogen-bond donors (Lipinski definition) is 2. The number of rotatable bonds is 4. The Morgan fingerprint density at radius 2 is 2.00 bits per heavy atom. The number of halogens is 1. The van der Waals surface area contributed by atoms with Crippen molar-refractivity contribution in [3.05, 3.63) is 58.2 Å². The van der Waals surface area contributed by atoms with Crippen LogP contribution >= 0.6 is 11.6 Å². The largest absolute Gasteiger partial charge is 0.493 e. The molecule has 3 aromatic rings. The van der Waals surface area contributed by atoms with E-state index >= 15 is 0 Å². The Hall–Kier alpha value is -2.66. The molecule has 4 rings (SSSR count). The first-order valence-electron chi connectivity index (χ1n) is 8.94. The first-order chi connectivity index (χ1) is 13.1. The number of hydrogen-bond acceptors (Lipinski definition) is 3. The number of carbonyl (C=O) groups excluding carboxylic acids is 1. The van der Waals surface area contributed by atoms with Crippen LogP contribution < -0.4 is 14.8 Å². The smallest absolute Gasteiger partial charge is 0.251 e. The van der Waals surface area contributed by atoms with Gasteiger partial charge in [-0.05, 0) is 49.1 Å². The van der Waals surface area contributed by atoms with E-state index in [1.807, 2.05) is 12.1 Å². The van der Waals surface area contributed by atoms with Gasteiger partial charge in [0.25, 0.3) is 5.91 Å². The summed E-state index contributed by atoms with van der Waals surface area (Å²) in [6, 6.07) is 11.0. The van der Waals surface area contributed by atoms with Gasteiger partial charge in [0.05, 0.1) is 30.8 Å². The van der Waals surface area contributed by atoms with Gasteiger partial charge in [-0.3, -0.25) is 4.79 Å². The Bertz CT molecular complexity index is 1010. The van der Waals surface area contributed by atoms with Gasteiger partial charge in [0.1, 0.15) is 0 Å². The number of fused-ring (bicyclic) bond motifs is 3. The number of methoxy groups -OCH3 is 2. The van der Waals surface area contributed by atoms with Crippen molar-refractivity contribution in [3.8, 4) is 11.5 Å². The normalized spacial score (nSPS) is 16.0. The van der Waals surface area contributed by atoms with Gasteiger partial charge >= 0.3 is 0 Å². The summed E-state index contributed by atoms with van der Waals surface area (Å²) in [5, 5.41) is 4.99. The lowest BCUT2D eigenvalue weighted by Crippen LogP contribution is -2.31. The van der Waals surface area contributed by atoms with Crippen LogP contribution in [0.2, 0.25) is 5.02 Å². The highest BCUT2D eigenvalue weighted by Crippen LogP contribution is 2.37. The van der Waals surface area contributed by atoms with Gasteiger partial charge in [-0.2, -0.15) is 0 Å². The minimum atomic E-state index is -0.140. The van der Waals surface area contributed by atoms with E-state index in [9.17, 15) is 4.79 Å². The van der Waals surface area contributed by atoms with Crippen LogP contribution in [-0.4, -0.2) is 25.1 Å². The SMILES string of the molecule is COc1ccc(C(=O)N[C@@H]2CCCc3c2[nH]c2c(Cl)cccc32)cc1OC. The van der Waals surface area contributed by atoms with E-state index in [1.165, 1.54) is 5.56 Å². The first-order valence-corrected chi connectivity index (χ1v) is 9.32. The van der Waals surface area contributed by atoms with E-state index in [1.54, 1.807) is 32.4 Å². The van der Waals surface area contributed by atoms with Crippen LogP contribution in [0.3, 0.4) is 0 Å². The lowest BCUT2D eigenvalue weighted by Gasteiger charge is -2.24. The average molecular weight is 385 g/mol. The van der Waals surface area contributed by atoms with Crippen molar-refractivity contribution in [2.45, 2.75) is 25.3 Å². The zero-order valence-corrected chi connectivity index (χ0v) is 16.0. The van der Waals surface area contributed by atoms with E-state index in [0.717, 1.165) is 35.9 Å². The number of ether oxygens (including phenoxy) is 2. The number of amides is 1. The first kappa shape index (κ1) is 17.7. The highest BCUT2D eigenvalue weighted by Gasteiger charge is 2.26. The standard InChI is InChI=1S/C21H21ClN2O3/c1-26-17-10-9-12(11-18(17)27-2)21(25)23-16-8-4-6-14-13-5-3-7-15(22)19(13)24-20(14)16/h3,5,7,9-11,16,24H,4,6,8H2,1-2H3,(H,23,25)/t16-/m1/s1. The van der Waals surface area contributed by atoms with Crippen LogP contribution in [0.4, 0.5) is 0 Å². The van der Waals surface area contributed by atoms with Gasteiger partial charge in [-0.15, -0.1) is 0 Å². The third-order valence-electron chi connectivity index (χ3n) is 5.14. The monoisotopic (exact) mass is 384 g/mol. The molecule has 0 bridgehead atoms. The molecular weight excluding hydrogens is 364 g/mol. The van der Waals surface area contributed by atoms with Crippen LogP contribution in [0.1, 0.15) is 40.5 Å². The minimum absolute atomic E-state index is 0.0715. The predicted octanol–water partition coefficient (Wildman–Crippen LogP) is 4.65. The van der Waals surface area contributed by atoms with Crippen LogP contribution in [-0.2, 0) is 6.42 Å². The summed E-state index contributed by atoms with van der Waals surface area (Å²) in [6.45, 7) is 0. The number of aromatic amines is 1. The topological polar surface area (TPSA) is 63.3 Å². The molecule has 0 saturated heterocycles. The van der Waals surface area contributed by atoms with Crippen LogP contribution in [0.25, 0.3) is 10.9 Å².